The molecule has 134 valence electrons. The first-order valence-corrected chi connectivity index (χ1v) is 9.27. The van der Waals surface area contributed by atoms with Crippen LogP contribution in [0.15, 0.2) is 12.4 Å². The molecule has 6 heteroatoms. The van der Waals surface area contributed by atoms with E-state index < -0.39 is 0 Å². The fourth-order valence-electron chi connectivity index (χ4n) is 3.70. The molecule has 1 unspecified atom stereocenters. The van der Waals surface area contributed by atoms with Gasteiger partial charge in [-0.1, -0.05) is 0 Å². The lowest BCUT2D eigenvalue weighted by Gasteiger charge is -2.31. The zero-order valence-electron chi connectivity index (χ0n) is 14.7. The summed E-state index contributed by atoms with van der Waals surface area (Å²) in [5, 5.41) is 7.25. The Hall–Kier alpha value is -1.40. The van der Waals surface area contributed by atoms with Gasteiger partial charge in [0.05, 0.1) is 12.3 Å². The van der Waals surface area contributed by atoms with E-state index in [0.29, 0.717) is 18.9 Å². The molecule has 0 aromatic carbocycles. The summed E-state index contributed by atoms with van der Waals surface area (Å²) >= 11 is 0. The highest BCUT2D eigenvalue weighted by molar-refractivity contribution is 5.75. The van der Waals surface area contributed by atoms with Crippen molar-refractivity contribution in [2.75, 3.05) is 26.2 Å². The van der Waals surface area contributed by atoms with Crippen molar-refractivity contribution in [1.29, 1.82) is 0 Å². The van der Waals surface area contributed by atoms with Gasteiger partial charge in [0.15, 0.2) is 0 Å². The fraction of sp³-hybridized carbons (Fsp3) is 0.778. The third-order valence-electron chi connectivity index (χ3n) is 5.20. The van der Waals surface area contributed by atoms with Gasteiger partial charge in [-0.2, -0.15) is 5.10 Å². The number of carbonyl (C=O) groups excluding carboxylic acids is 1. The maximum atomic E-state index is 12.0. The minimum absolute atomic E-state index is 0.184. The first-order valence-electron chi connectivity index (χ1n) is 9.27. The van der Waals surface area contributed by atoms with Crippen LogP contribution in [0.3, 0.4) is 0 Å². The quantitative estimate of drug-likeness (QED) is 0.825. The standard InChI is InChI=1S/C18H30N4O2/c1-21-13-16(11-20-21)14-22-8-6-15(7-9-22)4-5-18(23)19-12-17-3-2-10-24-17/h11,13,15,17H,2-10,12,14H2,1H3,(H,19,23). The summed E-state index contributed by atoms with van der Waals surface area (Å²) in [6.45, 7) is 4.76. The highest BCUT2D eigenvalue weighted by atomic mass is 16.5. The fourth-order valence-corrected chi connectivity index (χ4v) is 3.70. The predicted octanol–water partition coefficient (Wildman–Crippen LogP) is 1.71. The van der Waals surface area contributed by atoms with Gasteiger partial charge in [-0.25, -0.2) is 0 Å². The summed E-state index contributed by atoms with van der Waals surface area (Å²) in [4.78, 5) is 14.5. The Bertz CT molecular complexity index is 517. The number of hydrogen-bond acceptors (Lipinski definition) is 4. The molecule has 0 bridgehead atoms. The summed E-state index contributed by atoms with van der Waals surface area (Å²) in [5.41, 5.74) is 1.28. The molecule has 24 heavy (non-hydrogen) atoms. The Morgan fingerprint density at radius 1 is 1.38 bits per heavy atom. The van der Waals surface area contributed by atoms with Crippen LogP contribution in [0.1, 0.15) is 44.1 Å². The van der Waals surface area contributed by atoms with E-state index in [1.54, 1.807) is 0 Å². The Morgan fingerprint density at radius 2 is 2.21 bits per heavy atom. The molecule has 0 saturated carbocycles. The maximum absolute atomic E-state index is 12.0. The number of amides is 1. The number of nitrogens with zero attached hydrogens (tertiary/aromatic N) is 3. The van der Waals surface area contributed by atoms with Crippen molar-refractivity contribution in [1.82, 2.24) is 20.0 Å². The Labute approximate surface area is 144 Å². The van der Waals surface area contributed by atoms with Crippen molar-refractivity contribution in [3.05, 3.63) is 18.0 Å². The average molecular weight is 334 g/mol. The topological polar surface area (TPSA) is 59.4 Å². The summed E-state index contributed by atoms with van der Waals surface area (Å²) in [7, 11) is 1.96. The van der Waals surface area contributed by atoms with Crippen LogP contribution in [0.4, 0.5) is 0 Å². The summed E-state index contributed by atoms with van der Waals surface area (Å²) in [5.74, 6) is 0.868. The average Bonchev–Trinajstić information content (AvgIpc) is 3.24. The maximum Gasteiger partial charge on any atom is 0.220 e. The van der Waals surface area contributed by atoms with E-state index in [-0.39, 0.29) is 12.0 Å². The number of piperidine rings is 1. The van der Waals surface area contributed by atoms with Crippen LogP contribution in [0.5, 0.6) is 0 Å². The third kappa shape index (κ3) is 5.31. The van der Waals surface area contributed by atoms with Crippen molar-refractivity contribution in [2.24, 2.45) is 13.0 Å². The van der Waals surface area contributed by atoms with Crippen molar-refractivity contribution < 1.29 is 9.53 Å². The van der Waals surface area contributed by atoms with Gasteiger partial charge >= 0.3 is 0 Å². The second kappa shape index (κ2) is 8.62. The van der Waals surface area contributed by atoms with Gasteiger partial charge in [0.1, 0.15) is 0 Å². The molecule has 0 spiro atoms. The first-order chi connectivity index (χ1) is 11.7. The zero-order chi connectivity index (χ0) is 16.8. The second-order valence-electron chi connectivity index (χ2n) is 7.22. The molecule has 1 atom stereocenters. The molecule has 3 heterocycles. The molecule has 2 aliphatic heterocycles. The van der Waals surface area contributed by atoms with E-state index in [1.165, 1.54) is 18.4 Å². The summed E-state index contributed by atoms with van der Waals surface area (Å²) in [6, 6.07) is 0. The molecule has 2 aliphatic rings. The zero-order valence-corrected chi connectivity index (χ0v) is 14.7. The molecule has 1 aromatic heterocycles. The lowest BCUT2D eigenvalue weighted by atomic mass is 9.92. The number of nitrogens with one attached hydrogen (secondary N) is 1. The van der Waals surface area contributed by atoms with Crippen LogP contribution >= 0.6 is 0 Å². The molecular formula is C18H30N4O2. The minimum atomic E-state index is 0.184. The number of aromatic nitrogens is 2. The van der Waals surface area contributed by atoms with Crippen LogP contribution in [0.25, 0.3) is 0 Å². The van der Waals surface area contributed by atoms with E-state index in [1.807, 2.05) is 17.9 Å². The second-order valence-corrected chi connectivity index (χ2v) is 7.22. The van der Waals surface area contributed by atoms with Crippen molar-refractivity contribution in [2.45, 2.75) is 51.2 Å². The van der Waals surface area contributed by atoms with E-state index in [0.717, 1.165) is 45.5 Å². The van der Waals surface area contributed by atoms with E-state index in [2.05, 4.69) is 21.5 Å². The molecule has 6 nitrogen and oxygen atoms in total. The molecule has 1 N–H and O–H groups in total. The van der Waals surface area contributed by atoms with Gasteiger partial charge in [-0.3, -0.25) is 14.4 Å². The largest absolute Gasteiger partial charge is 0.376 e. The number of rotatable bonds is 7. The molecule has 1 aromatic rings. The van der Waals surface area contributed by atoms with Gasteiger partial charge in [0.25, 0.3) is 0 Å². The van der Waals surface area contributed by atoms with Gasteiger partial charge in [-0.15, -0.1) is 0 Å². The lowest BCUT2D eigenvalue weighted by Crippen LogP contribution is -2.34. The summed E-state index contributed by atoms with van der Waals surface area (Å²) in [6.07, 6.45) is 10.5. The Kier molecular flexibility index (Phi) is 6.26. The number of hydrogen-bond donors (Lipinski definition) is 1. The first kappa shape index (κ1) is 17.4. The SMILES string of the molecule is Cn1cc(CN2CCC(CCC(=O)NCC3CCCO3)CC2)cn1. The lowest BCUT2D eigenvalue weighted by molar-refractivity contribution is -0.122. The normalized spacial score (nSPS) is 22.8. The predicted molar refractivity (Wildman–Crippen MR) is 92.4 cm³/mol. The molecule has 1 amide bonds. The number of aryl methyl sites for hydroxylation is 1. The van der Waals surface area contributed by atoms with Gasteiger partial charge in [0, 0.05) is 44.9 Å². The summed E-state index contributed by atoms with van der Waals surface area (Å²) < 4.78 is 7.39. The van der Waals surface area contributed by atoms with Crippen LogP contribution < -0.4 is 5.32 Å². The van der Waals surface area contributed by atoms with E-state index >= 15 is 0 Å². The van der Waals surface area contributed by atoms with Crippen LogP contribution in [-0.4, -0.2) is 52.9 Å². The number of carbonyl (C=O) groups is 1. The smallest absolute Gasteiger partial charge is 0.220 e. The third-order valence-corrected chi connectivity index (χ3v) is 5.20. The molecule has 0 aliphatic carbocycles. The minimum Gasteiger partial charge on any atom is -0.376 e. The number of likely N-dealkylation sites (tertiary alicyclic amines) is 1. The van der Waals surface area contributed by atoms with E-state index in [4.69, 9.17) is 4.74 Å². The van der Waals surface area contributed by atoms with Crippen LogP contribution in [0, 0.1) is 5.92 Å². The monoisotopic (exact) mass is 334 g/mol. The van der Waals surface area contributed by atoms with E-state index in [9.17, 15) is 4.79 Å². The van der Waals surface area contributed by atoms with Crippen molar-refractivity contribution >= 4 is 5.91 Å². The van der Waals surface area contributed by atoms with Gasteiger partial charge in [0.2, 0.25) is 5.91 Å². The van der Waals surface area contributed by atoms with Crippen molar-refractivity contribution in [3.63, 3.8) is 0 Å². The van der Waals surface area contributed by atoms with Crippen LogP contribution in [-0.2, 0) is 23.1 Å². The molecule has 3 rings (SSSR count). The molecular weight excluding hydrogens is 304 g/mol. The molecule has 2 fully saturated rings. The van der Waals surface area contributed by atoms with Crippen LogP contribution in [0.2, 0.25) is 0 Å². The highest BCUT2D eigenvalue weighted by Gasteiger charge is 2.21. The highest BCUT2D eigenvalue weighted by Crippen LogP contribution is 2.23. The molecule has 0 radical (unpaired) electrons. The van der Waals surface area contributed by atoms with Gasteiger partial charge in [-0.05, 0) is 51.1 Å². The number of ether oxygens (including phenoxy) is 1. The van der Waals surface area contributed by atoms with Gasteiger partial charge < -0.3 is 10.1 Å². The Morgan fingerprint density at radius 3 is 2.88 bits per heavy atom. The Balaban J connectivity index is 1.28. The molecule has 2 saturated heterocycles. The van der Waals surface area contributed by atoms with Crippen molar-refractivity contribution in [3.8, 4) is 0 Å².